The summed E-state index contributed by atoms with van der Waals surface area (Å²) in [6.45, 7) is 4.48. The average molecular weight is 246 g/mol. The van der Waals surface area contributed by atoms with Gasteiger partial charge in [-0.15, -0.1) is 0 Å². The number of ether oxygens (including phenoxy) is 1. The fraction of sp³-hybridized carbons (Fsp3) is 0.500. The molecule has 1 fully saturated rings. The van der Waals surface area contributed by atoms with E-state index in [0.717, 1.165) is 43.2 Å². The van der Waals surface area contributed by atoms with Crippen LogP contribution in [-0.4, -0.2) is 31.8 Å². The summed E-state index contributed by atoms with van der Waals surface area (Å²) in [5.41, 5.74) is 3.27. The van der Waals surface area contributed by atoms with Crippen LogP contribution in [0, 0.1) is 6.92 Å². The minimum absolute atomic E-state index is 0.157. The van der Waals surface area contributed by atoms with E-state index in [-0.39, 0.29) is 5.41 Å². The number of hydrogen-bond donors (Lipinski definition) is 1. The van der Waals surface area contributed by atoms with Crippen LogP contribution in [0.4, 0.5) is 0 Å². The molecular weight excluding hydrogens is 228 g/mol. The number of oxazole rings is 1. The van der Waals surface area contributed by atoms with Crippen LogP contribution in [0.3, 0.4) is 0 Å². The van der Waals surface area contributed by atoms with Crippen molar-refractivity contribution in [3.8, 4) is 0 Å². The first-order valence-corrected chi connectivity index (χ1v) is 6.34. The van der Waals surface area contributed by atoms with Crippen molar-refractivity contribution in [2.75, 3.05) is 26.8 Å². The molecule has 1 aliphatic rings. The first-order chi connectivity index (χ1) is 8.73. The Hall–Kier alpha value is -1.39. The standard InChI is InChI=1S/C14H18N2O2/c1-10-16-12-7-11(3-4-13(12)18-10)14(5-6-15-2)8-17-9-14/h3-4,7,15H,5-6,8-9H2,1-2H3. The topological polar surface area (TPSA) is 47.3 Å². The molecule has 96 valence electrons. The van der Waals surface area contributed by atoms with Gasteiger partial charge >= 0.3 is 0 Å². The number of rotatable bonds is 4. The average Bonchev–Trinajstić information content (AvgIpc) is 2.67. The summed E-state index contributed by atoms with van der Waals surface area (Å²) in [4.78, 5) is 4.40. The third-order valence-electron chi connectivity index (χ3n) is 3.72. The highest BCUT2D eigenvalue weighted by Crippen LogP contribution is 2.36. The molecule has 1 aromatic carbocycles. The summed E-state index contributed by atoms with van der Waals surface area (Å²) < 4.78 is 10.9. The Morgan fingerprint density at radius 2 is 2.22 bits per heavy atom. The van der Waals surface area contributed by atoms with Gasteiger partial charge in [-0.3, -0.25) is 0 Å². The van der Waals surface area contributed by atoms with Crippen LogP contribution in [0.25, 0.3) is 11.1 Å². The Morgan fingerprint density at radius 3 is 2.89 bits per heavy atom. The van der Waals surface area contributed by atoms with E-state index in [2.05, 4.69) is 22.4 Å². The van der Waals surface area contributed by atoms with Gasteiger partial charge in [-0.1, -0.05) is 6.07 Å². The Kier molecular flexibility index (Phi) is 2.84. The zero-order chi connectivity index (χ0) is 12.6. The van der Waals surface area contributed by atoms with Crippen molar-refractivity contribution < 1.29 is 9.15 Å². The first kappa shape index (κ1) is 11.7. The molecule has 0 radical (unpaired) electrons. The van der Waals surface area contributed by atoms with Crippen molar-refractivity contribution in [3.63, 3.8) is 0 Å². The number of hydrogen-bond acceptors (Lipinski definition) is 4. The molecule has 0 atom stereocenters. The van der Waals surface area contributed by atoms with Crippen molar-refractivity contribution in [1.29, 1.82) is 0 Å². The van der Waals surface area contributed by atoms with Gasteiger partial charge in [0.2, 0.25) is 0 Å². The van der Waals surface area contributed by atoms with Gasteiger partial charge in [0.25, 0.3) is 0 Å². The van der Waals surface area contributed by atoms with E-state index in [9.17, 15) is 0 Å². The van der Waals surface area contributed by atoms with Crippen LogP contribution in [0.1, 0.15) is 17.9 Å². The lowest BCUT2D eigenvalue weighted by Gasteiger charge is -2.42. The van der Waals surface area contributed by atoms with Crippen molar-refractivity contribution >= 4 is 11.1 Å². The van der Waals surface area contributed by atoms with Crippen LogP contribution in [0.2, 0.25) is 0 Å². The molecule has 0 aliphatic carbocycles. The summed E-state index contributed by atoms with van der Waals surface area (Å²) in [5.74, 6) is 0.719. The lowest BCUT2D eigenvalue weighted by atomic mass is 9.76. The molecule has 18 heavy (non-hydrogen) atoms. The zero-order valence-corrected chi connectivity index (χ0v) is 10.8. The Bertz CT molecular complexity index is 558. The molecule has 2 heterocycles. The normalized spacial score (nSPS) is 17.9. The fourth-order valence-electron chi connectivity index (χ4n) is 2.54. The molecule has 4 heteroatoms. The van der Waals surface area contributed by atoms with E-state index in [0.29, 0.717) is 0 Å². The summed E-state index contributed by atoms with van der Waals surface area (Å²) in [5, 5.41) is 3.21. The Balaban J connectivity index is 1.96. The molecular formula is C14H18N2O2. The van der Waals surface area contributed by atoms with Crippen molar-refractivity contribution in [3.05, 3.63) is 29.7 Å². The minimum Gasteiger partial charge on any atom is -0.441 e. The fourth-order valence-corrected chi connectivity index (χ4v) is 2.54. The third-order valence-corrected chi connectivity index (χ3v) is 3.72. The van der Waals surface area contributed by atoms with Gasteiger partial charge in [0.1, 0.15) is 5.52 Å². The molecule has 2 aromatic rings. The van der Waals surface area contributed by atoms with Crippen LogP contribution in [0.15, 0.2) is 22.6 Å². The molecule has 0 unspecified atom stereocenters. The van der Waals surface area contributed by atoms with Crippen molar-refractivity contribution in [1.82, 2.24) is 10.3 Å². The van der Waals surface area contributed by atoms with E-state index >= 15 is 0 Å². The third kappa shape index (κ3) is 1.82. The molecule has 0 spiro atoms. The predicted molar refractivity (Wildman–Crippen MR) is 69.8 cm³/mol. The highest BCUT2D eigenvalue weighted by molar-refractivity contribution is 5.74. The van der Waals surface area contributed by atoms with E-state index in [1.165, 1.54) is 5.56 Å². The first-order valence-electron chi connectivity index (χ1n) is 6.34. The van der Waals surface area contributed by atoms with E-state index in [1.807, 2.05) is 20.0 Å². The second kappa shape index (κ2) is 4.37. The predicted octanol–water partition coefficient (Wildman–Crippen LogP) is 2.01. The number of benzene rings is 1. The second-order valence-corrected chi connectivity index (χ2v) is 5.04. The second-order valence-electron chi connectivity index (χ2n) is 5.04. The number of aromatic nitrogens is 1. The summed E-state index contributed by atoms with van der Waals surface area (Å²) >= 11 is 0. The maximum atomic E-state index is 5.51. The van der Waals surface area contributed by atoms with Gasteiger partial charge in [0, 0.05) is 12.3 Å². The molecule has 1 saturated heterocycles. The monoisotopic (exact) mass is 246 g/mol. The number of nitrogens with zero attached hydrogens (tertiary/aromatic N) is 1. The van der Waals surface area contributed by atoms with E-state index < -0.39 is 0 Å². The Labute approximate surface area is 106 Å². The number of fused-ring (bicyclic) bond motifs is 1. The van der Waals surface area contributed by atoms with Gasteiger partial charge in [-0.2, -0.15) is 0 Å². The van der Waals surface area contributed by atoms with Gasteiger partial charge in [0.15, 0.2) is 11.5 Å². The summed E-state index contributed by atoms with van der Waals surface area (Å²) in [6, 6.07) is 6.30. The van der Waals surface area contributed by atoms with Crippen LogP contribution < -0.4 is 5.32 Å². The maximum Gasteiger partial charge on any atom is 0.192 e. The molecule has 3 rings (SSSR count). The molecule has 1 aromatic heterocycles. The van der Waals surface area contributed by atoms with E-state index in [4.69, 9.17) is 9.15 Å². The van der Waals surface area contributed by atoms with Crippen LogP contribution in [-0.2, 0) is 10.2 Å². The molecule has 0 saturated carbocycles. The lowest BCUT2D eigenvalue weighted by Crippen LogP contribution is -2.48. The highest BCUT2D eigenvalue weighted by atomic mass is 16.5. The molecule has 1 aliphatic heterocycles. The summed E-state index contributed by atoms with van der Waals surface area (Å²) in [7, 11) is 1.98. The van der Waals surface area contributed by atoms with E-state index in [1.54, 1.807) is 0 Å². The quantitative estimate of drug-likeness (QED) is 0.896. The zero-order valence-electron chi connectivity index (χ0n) is 10.8. The van der Waals surface area contributed by atoms with Gasteiger partial charge < -0.3 is 14.5 Å². The molecule has 0 amide bonds. The SMILES string of the molecule is CNCCC1(c2ccc3oc(C)nc3c2)COC1. The highest BCUT2D eigenvalue weighted by Gasteiger charge is 2.39. The van der Waals surface area contributed by atoms with Crippen molar-refractivity contribution in [2.45, 2.75) is 18.8 Å². The molecule has 1 N–H and O–H groups in total. The number of nitrogens with one attached hydrogen (secondary N) is 1. The van der Waals surface area contributed by atoms with Gasteiger partial charge in [-0.05, 0) is 37.7 Å². The minimum atomic E-state index is 0.157. The molecule has 0 bridgehead atoms. The van der Waals surface area contributed by atoms with Gasteiger partial charge in [-0.25, -0.2) is 4.98 Å². The summed E-state index contributed by atoms with van der Waals surface area (Å²) in [6.07, 6.45) is 1.09. The number of aryl methyl sites for hydroxylation is 1. The van der Waals surface area contributed by atoms with Crippen molar-refractivity contribution in [2.24, 2.45) is 0 Å². The maximum absolute atomic E-state index is 5.51. The van der Waals surface area contributed by atoms with Crippen LogP contribution in [0.5, 0.6) is 0 Å². The molecule has 4 nitrogen and oxygen atoms in total. The smallest absolute Gasteiger partial charge is 0.192 e. The largest absolute Gasteiger partial charge is 0.441 e. The van der Waals surface area contributed by atoms with Crippen LogP contribution >= 0.6 is 0 Å². The lowest BCUT2D eigenvalue weighted by molar-refractivity contribution is -0.0637. The Morgan fingerprint density at radius 1 is 1.39 bits per heavy atom. The van der Waals surface area contributed by atoms with Gasteiger partial charge in [0.05, 0.1) is 13.2 Å².